The normalized spacial score (nSPS) is 13.8. The van der Waals surface area contributed by atoms with E-state index in [0.29, 0.717) is 24.3 Å². The van der Waals surface area contributed by atoms with Crippen molar-refractivity contribution in [1.82, 2.24) is 4.90 Å². The third kappa shape index (κ3) is 3.80. The number of carbonyl (C=O) groups excluding carboxylic acids is 1. The van der Waals surface area contributed by atoms with Crippen LogP contribution < -0.4 is 4.31 Å². The summed E-state index contributed by atoms with van der Waals surface area (Å²) in [5.74, 6) is -0.0301. The molecule has 1 aromatic heterocycles. The molecular weight excluding hydrogens is 404 g/mol. The lowest BCUT2D eigenvalue weighted by Gasteiger charge is -2.27. The summed E-state index contributed by atoms with van der Waals surface area (Å²) in [6.07, 6.45) is 0.883. The molecule has 0 saturated carbocycles. The van der Waals surface area contributed by atoms with Gasteiger partial charge in [0, 0.05) is 30.6 Å². The smallest absolute Gasteiger partial charge is 0.264 e. The Morgan fingerprint density at radius 3 is 2.41 bits per heavy atom. The lowest BCUT2D eigenvalue weighted by atomic mass is 10.1. The van der Waals surface area contributed by atoms with E-state index in [2.05, 4.69) is 11.4 Å². The molecule has 4 rings (SSSR count). The number of anilines is 1. The van der Waals surface area contributed by atoms with Gasteiger partial charge in [0.05, 0.1) is 10.6 Å². The van der Waals surface area contributed by atoms with Gasteiger partial charge in [0.1, 0.15) is 0 Å². The van der Waals surface area contributed by atoms with Crippen molar-refractivity contribution in [2.75, 3.05) is 17.9 Å². The molecule has 0 fully saturated rings. The molecule has 150 valence electrons. The topological polar surface area (TPSA) is 57.7 Å². The van der Waals surface area contributed by atoms with Gasteiger partial charge in [-0.05, 0) is 66.8 Å². The van der Waals surface area contributed by atoms with Gasteiger partial charge in [-0.1, -0.05) is 17.7 Å². The van der Waals surface area contributed by atoms with E-state index in [0.717, 1.165) is 12.0 Å². The van der Waals surface area contributed by atoms with Gasteiger partial charge in [-0.2, -0.15) is 0 Å². The maximum atomic E-state index is 12.9. The van der Waals surface area contributed by atoms with E-state index < -0.39 is 10.0 Å². The number of aryl methyl sites for hydroxylation is 1. The molecule has 0 bridgehead atoms. The van der Waals surface area contributed by atoms with E-state index in [-0.39, 0.29) is 10.8 Å². The van der Waals surface area contributed by atoms with E-state index in [1.807, 2.05) is 11.8 Å². The highest BCUT2D eigenvalue weighted by Gasteiger charge is 2.24. The number of hydrogen-bond donors (Lipinski definition) is 0. The van der Waals surface area contributed by atoms with Gasteiger partial charge in [-0.25, -0.2) is 8.42 Å². The molecule has 3 aromatic rings. The molecule has 0 unspecified atom stereocenters. The monoisotopic (exact) mass is 426 g/mol. The molecule has 2 aromatic carbocycles. The van der Waals surface area contributed by atoms with Gasteiger partial charge >= 0.3 is 0 Å². The standard InChI is InChI=1S/C22H22N2O3S2/c1-16-3-9-20(10-4-16)29(26,27)23(2)19-7-5-17(6-8-19)22(25)24-13-11-21-18(15-24)12-14-28-21/h3-10,12,14H,11,13,15H2,1-2H3. The zero-order valence-corrected chi connectivity index (χ0v) is 18.0. The second-order valence-electron chi connectivity index (χ2n) is 7.18. The molecule has 1 aliphatic heterocycles. The predicted octanol–water partition coefficient (Wildman–Crippen LogP) is 4.08. The van der Waals surface area contributed by atoms with Crippen LogP contribution in [0.5, 0.6) is 0 Å². The molecule has 0 N–H and O–H groups in total. The minimum atomic E-state index is -3.65. The summed E-state index contributed by atoms with van der Waals surface area (Å²) >= 11 is 1.74. The first-order valence-corrected chi connectivity index (χ1v) is 11.7. The Morgan fingerprint density at radius 2 is 1.72 bits per heavy atom. The van der Waals surface area contributed by atoms with Crippen molar-refractivity contribution >= 4 is 33.0 Å². The number of thiophene rings is 1. The van der Waals surface area contributed by atoms with Gasteiger partial charge in [0.2, 0.25) is 0 Å². The fraction of sp³-hybridized carbons (Fsp3) is 0.227. The molecule has 0 aliphatic carbocycles. The van der Waals surface area contributed by atoms with E-state index in [9.17, 15) is 13.2 Å². The zero-order chi connectivity index (χ0) is 20.6. The minimum Gasteiger partial charge on any atom is -0.334 e. The van der Waals surface area contributed by atoms with Gasteiger partial charge < -0.3 is 4.90 Å². The van der Waals surface area contributed by atoms with Crippen LogP contribution in [-0.2, 0) is 23.0 Å². The van der Waals surface area contributed by atoms with Crippen LogP contribution in [0.1, 0.15) is 26.4 Å². The first kappa shape index (κ1) is 19.7. The molecule has 0 atom stereocenters. The van der Waals surface area contributed by atoms with Crippen LogP contribution >= 0.6 is 11.3 Å². The van der Waals surface area contributed by atoms with E-state index in [1.54, 1.807) is 59.9 Å². The molecule has 29 heavy (non-hydrogen) atoms. The Morgan fingerprint density at radius 1 is 1.03 bits per heavy atom. The number of carbonyl (C=O) groups is 1. The van der Waals surface area contributed by atoms with Gasteiger partial charge in [-0.3, -0.25) is 9.10 Å². The number of rotatable bonds is 4. The van der Waals surface area contributed by atoms with Crippen molar-refractivity contribution in [3.63, 3.8) is 0 Å². The molecule has 0 radical (unpaired) electrons. The Kier molecular flexibility index (Phi) is 5.19. The Hall–Kier alpha value is -2.64. The summed E-state index contributed by atoms with van der Waals surface area (Å²) in [4.78, 5) is 16.3. The van der Waals surface area contributed by atoms with E-state index in [1.165, 1.54) is 21.8 Å². The number of benzene rings is 2. The van der Waals surface area contributed by atoms with E-state index in [4.69, 9.17) is 0 Å². The number of hydrogen-bond acceptors (Lipinski definition) is 4. The zero-order valence-electron chi connectivity index (χ0n) is 16.3. The molecular formula is C22H22N2O3S2. The van der Waals surface area contributed by atoms with Crippen molar-refractivity contribution in [1.29, 1.82) is 0 Å². The molecule has 5 nitrogen and oxygen atoms in total. The summed E-state index contributed by atoms with van der Waals surface area (Å²) in [6, 6.07) is 15.6. The molecule has 2 heterocycles. The fourth-order valence-corrected chi connectivity index (χ4v) is 5.51. The van der Waals surface area contributed by atoms with Crippen LogP contribution in [0.3, 0.4) is 0 Å². The Bertz CT molecular complexity index is 1130. The molecule has 7 heteroatoms. The second kappa shape index (κ2) is 7.65. The Balaban J connectivity index is 1.51. The molecule has 0 spiro atoms. The lowest BCUT2D eigenvalue weighted by molar-refractivity contribution is 0.0736. The van der Waals surface area contributed by atoms with Crippen molar-refractivity contribution in [3.8, 4) is 0 Å². The van der Waals surface area contributed by atoms with Crippen LogP contribution in [0.2, 0.25) is 0 Å². The van der Waals surface area contributed by atoms with Crippen molar-refractivity contribution in [2.24, 2.45) is 0 Å². The van der Waals surface area contributed by atoms with Crippen LogP contribution in [0, 0.1) is 6.92 Å². The highest BCUT2D eigenvalue weighted by atomic mass is 32.2. The number of nitrogens with zero attached hydrogens (tertiary/aromatic N) is 2. The number of sulfonamides is 1. The van der Waals surface area contributed by atoms with Crippen LogP contribution in [-0.4, -0.2) is 32.8 Å². The maximum Gasteiger partial charge on any atom is 0.264 e. The summed E-state index contributed by atoms with van der Waals surface area (Å²) in [5.41, 5.74) is 3.30. The van der Waals surface area contributed by atoms with E-state index >= 15 is 0 Å². The van der Waals surface area contributed by atoms with Crippen molar-refractivity contribution < 1.29 is 13.2 Å². The molecule has 1 aliphatic rings. The van der Waals surface area contributed by atoms with Crippen molar-refractivity contribution in [2.45, 2.75) is 24.8 Å². The van der Waals surface area contributed by atoms with Crippen LogP contribution in [0.15, 0.2) is 64.9 Å². The summed E-state index contributed by atoms with van der Waals surface area (Å²) in [7, 11) is -2.13. The van der Waals surface area contributed by atoms with Gasteiger partial charge in [-0.15, -0.1) is 11.3 Å². The fourth-order valence-electron chi connectivity index (χ4n) is 3.43. The lowest BCUT2D eigenvalue weighted by Crippen LogP contribution is -2.35. The average molecular weight is 427 g/mol. The highest BCUT2D eigenvalue weighted by molar-refractivity contribution is 7.92. The first-order chi connectivity index (χ1) is 13.9. The van der Waals surface area contributed by atoms with Crippen LogP contribution in [0.4, 0.5) is 5.69 Å². The predicted molar refractivity (Wildman–Crippen MR) is 116 cm³/mol. The highest BCUT2D eigenvalue weighted by Crippen LogP contribution is 2.26. The molecule has 1 amide bonds. The first-order valence-electron chi connectivity index (χ1n) is 9.36. The third-order valence-corrected chi connectivity index (χ3v) is 8.07. The third-order valence-electron chi connectivity index (χ3n) is 5.25. The summed E-state index contributed by atoms with van der Waals surface area (Å²) in [5, 5.41) is 2.07. The quantitative estimate of drug-likeness (QED) is 0.632. The van der Waals surface area contributed by atoms with Crippen LogP contribution in [0.25, 0.3) is 0 Å². The summed E-state index contributed by atoms with van der Waals surface area (Å²) < 4.78 is 26.9. The van der Waals surface area contributed by atoms with Gasteiger partial charge in [0.25, 0.3) is 15.9 Å². The number of amides is 1. The van der Waals surface area contributed by atoms with Crippen molar-refractivity contribution in [3.05, 3.63) is 81.5 Å². The SMILES string of the molecule is Cc1ccc(S(=O)(=O)N(C)c2ccc(C(=O)N3CCc4sccc4C3)cc2)cc1. The largest absolute Gasteiger partial charge is 0.334 e. The second-order valence-corrected chi connectivity index (χ2v) is 10.1. The maximum absolute atomic E-state index is 12.9. The number of fused-ring (bicyclic) bond motifs is 1. The summed E-state index contributed by atoms with van der Waals surface area (Å²) in [6.45, 7) is 3.24. The minimum absolute atomic E-state index is 0.0301. The average Bonchev–Trinajstić information content (AvgIpc) is 3.21. The van der Waals surface area contributed by atoms with Gasteiger partial charge in [0.15, 0.2) is 0 Å². The Labute approximate surface area is 175 Å². The molecule has 0 saturated heterocycles.